The van der Waals surface area contributed by atoms with Crippen molar-refractivity contribution in [3.8, 4) is 5.75 Å². The van der Waals surface area contributed by atoms with Gasteiger partial charge in [-0.25, -0.2) is 0 Å². The van der Waals surface area contributed by atoms with E-state index in [0.29, 0.717) is 25.4 Å². The molecule has 126 valence electrons. The van der Waals surface area contributed by atoms with Gasteiger partial charge in [0.25, 0.3) is 0 Å². The molecule has 0 heterocycles. The molecule has 2 aromatic carbocycles. The van der Waals surface area contributed by atoms with Gasteiger partial charge < -0.3 is 9.64 Å². The Balaban J connectivity index is 1.62. The molecule has 24 heavy (non-hydrogen) atoms. The summed E-state index contributed by atoms with van der Waals surface area (Å²) in [4.78, 5) is 14.7. The van der Waals surface area contributed by atoms with Crippen molar-refractivity contribution in [3.63, 3.8) is 0 Å². The number of benzene rings is 2. The minimum atomic E-state index is 0.202. The molecule has 0 N–H and O–H groups in total. The summed E-state index contributed by atoms with van der Waals surface area (Å²) in [7, 11) is 1.66. The zero-order chi connectivity index (χ0) is 16.9. The van der Waals surface area contributed by atoms with Crippen molar-refractivity contribution in [3.05, 3.63) is 64.7 Å². The molecular weight excluding hydrogens is 322 g/mol. The lowest BCUT2D eigenvalue weighted by atomic mass is 10.1. The third-order valence-electron chi connectivity index (χ3n) is 4.39. The average Bonchev–Trinajstić information content (AvgIpc) is 3.44. The normalized spacial score (nSPS) is 13.6. The molecule has 0 spiro atoms. The number of carbonyl (C=O) groups is 1. The van der Waals surface area contributed by atoms with Gasteiger partial charge in [-0.15, -0.1) is 0 Å². The summed E-state index contributed by atoms with van der Waals surface area (Å²) in [5, 5.41) is 0.735. The lowest BCUT2D eigenvalue weighted by Crippen LogP contribution is -2.32. The highest BCUT2D eigenvalue weighted by atomic mass is 35.5. The Hall–Kier alpha value is -2.00. The summed E-state index contributed by atoms with van der Waals surface area (Å²) >= 11 is 6.18. The van der Waals surface area contributed by atoms with Crippen LogP contribution in [-0.4, -0.2) is 24.0 Å². The maximum atomic E-state index is 12.7. The number of aryl methyl sites for hydroxylation is 1. The van der Waals surface area contributed by atoms with Crippen LogP contribution in [0.1, 0.15) is 30.4 Å². The molecule has 1 amide bonds. The molecule has 3 rings (SSSR count). The average molecular weight is 344 g/mol. The quantitative estimate of drug-likeness (QED) is 0.742. The van der Waals surface area contributed by atoms with Gasteiger partial charge in [0.2, 0.25) is 5.91 Å². The first-order valence-corrected chi connectivity index (χ1v) is 8.71. The lowest BCUT2D eigenvalue weighted by molar-refractivity contribution is -0.132. The van der Waals surface area contributed by atoms with E-state index in [1.54, 1.807) is 7.11 Å². The fourth-order valence-electron chi connectivity index (χ4n) is 2.82. The first-order chi connectivity index (χ1) is 11.7. The van der Waals surface area contributed by atoms with E-state index in [1.165, 1.54) is 0 Å². The minimum Gasteiger partial charge on any atom is -0.497 e. The number of methoxy groups -OCH3 is 1. The first-order valence-electron chi connectivity index (χ1n) is 8.33. The molecule has 0 atom stereocenters. The highest BCUT2D eigenvalue weighted by Crippen LogP contribution is 2.30. The molecule has 0 saturated heterocycles. The second-order valence-electron chi connectivity index (χ2n) is 6.19. The van der Waals surface area contributed by atoms with Gasteiger partial charge in [-0.3, -0.25) is 4.79 Å². The number of amides is 1. The number of carbonyl (C=O) groups excluding carboxylic acids is 1. The van der Waals surface area contributed by atoms with Crippen molar-refractivity contribution in [2.75, 3.05) is 7.11 Å². The van der Waals surface area contributed by atoms with Gasteiger partial charge in [-0.1, -0.05) is 41.9 Å². The summed E-state index contributed by atoms with van der Waals surface area (Å²) in [6.07, 6.45) is 3.39. The number of hydrogen-bond donors (Lipinski definition) is 0. The molecular formula is C20H22ClNO2. The second kappa shape index (κ2) is 7.71. The number of ether oxygens (including phenoxy) is 1. The summed E-state index contributed by atoms with van der Waals surface area (Å²) in [6.45, 7) is 0.663. The van der Waals surface area contributed by atoms with Crippen LogP contribution in [0.5, 0.6) is 5.75 Å². The topological polar surface area (TPSA) is 29.5 Å². The zero-order valence-corrected chi connectivity index (χ0v) is 14.6. The van der Waals surface area contributed by atoms with Gasteiger partial charge in [-0.05, 0) is 48.6 Å². The summed E-state index contributed by atoms with van der Waals surface area (Å²) < 4.78 is 5.19. The van der Waals surface area contributed by atoms with E-state index in [-0.39, 0.29) is 5.91 Å². The number of hydrogen-bond acceptors (Lipinski definition) is 2. The van der Waals surface area contributed by atoms with Crippen LogP contribution < -0.4 is 4.74 Å². The molecule has 3 nitrogen and oxygen atoms in total. The van der Waals surface area contributed by atoms with Crippen LogP contribution in [0.15, 0.2) is 48.5 Å². The molecule has 0 radical (unpaired) electrons. The third-order valence-corrected chi connectivity index (χ3v) is 4.75. The van der Waals surface area contributed by atoms with Gasteiger partial charge in [-0.2, -0.15) is 0 Å². The van der Waals surface area contributed by atoms with E-state index in [0.717, 1.165) is 34.7 Å². The summed E-state index contributed by atoms with van der Waals surface area (Å²) in [6, 6.07) is 16.0. The maximum Gasteiger partial charge on any atom is 0.223 e. The van der Waals surface area contributed by atoms with Crippen LogP contribution >= 0.6 is 11.6 Å². The Morgan fingerprint density at radius 1 is 1.17 bits per heavy atom. The molecule has 1 saturated carbocycles. The van der Waals surface area contributed by atoms with E-state index >= 15 is 0 Å². The number of nitrogens with zero attached hydrogens (tertiary/aromatic N) is 1. The molecule has 4 heteroatoms. The minimum absolute atomic E-state index is 0.202. The Labute approximate surface area is 148 Å². The van der Waals surface area contributed by atoms with E-state index in [1.807, 2.05) is 53.4 Å². The van der Waals surface area contributed by atoms with E-state index in [4.69, 9.17) is 16.3 Å². The molecule has 0 unspecified atom stereocenters. The van der Waals surface area contributed by atoms with Crippen molar-refractivity contribution in [2.45, 2.75) is 38.3 Å². The molecule has 1 aliphatic rings. The Morgan fingerprint density at radius 2 is 1.88 bits per heavy atom. The molecule has 1 fully saturated rings. The third kappa shape index (κ3) is 4.30. The van der Waals surface area contributed by atoms with Crippen LogP contribution in [0.3, 0.4) is 0 Å². The fraction of sp³-hybridized carbons (Fsp3) is 0.350. The van der Waals surface area contributed by atoms with Gasteiger partial charge >= 0.3 is 0 Å². The van der Waals surface area contributed by atoms with Gasteiger partial charge in [0, 0.05) is 24.0 Å². The SMILES string of the molecule is COc1ccc(CN(C(=O)CCc2ccccc2Cl)C2CC2)cc1. The maximum absolute atomic E-state index is 12.7. The van der Waals surface area contributed by atoms with E-state index < -0.39 is 0 Å². The molecule has 1 aliphatic carbocycles. The zero-order valence-electron chi connectivity index (χ0n) is 13.9. The largest absolute Gasteiger partial charge is 0.497 e. The summed E-state index contributed by atoms with van der Waals surface area (Å²) in [5.74, 6) is 1.04. The van der Waals surface area contributed by atoms with Crippen LogP contribution in [0, 0.1) is 0 Å². The van der Waals surface area contributed by atoms with E-state index in [9.17, 15) is 4.79 Å². The summed E-state index contributed by atoms with van der Waals surface area (Å²) in [5.41, 5.74) is 2.17. The standard InChI is InChI=1S/C20H22ClNO2/c1-24-18-11-6-15(7-12-18)14-22(17-9-10-17)20(23)13-8-16-4-2-3-5-19(16)21/h2-7,11-12,17H,8-10,13-14H2,1H3. The molecule has 0 aromatic heterocycles. The fourth-order valence-corrected chi connectivity index (χ4v) is 3.05. The first kappa shape index (κ1) is 16.8. The van der Waals surface area contributed by atoms with E-state index in [2.05, 4.69) is 0 Å². The Kier molecular flexibility index (Phi) is 5.41. The Morgan fingerprint density at radius 3 is 2.50 bits per heavy atom. The van der Waals surface area contributed by atoms with Crippen LogP contribution in [0.2, 0.25) is 5.02 Å². The van der Waals surface area contributed by atoms with Gasteiger partial charge in [0.15, 0.2) is 0 Å². The predicted molar refractivity (Wildman–Crippen MR) is 96.3 cm³/mol. The monoisotopic (exact) mass is 343 g/mol. The lowest BCUT2D eigenvalue weighted by Gasteiger charge is -2.23. The van der Waals surface area contributed by atoms with Crippen molar-refractivity contribution >= 4 is 17.5 Å². The highest BCUT2D eigenvalue weighted by Gasteiger charge is 2.32. The van der Waals surface area contributed by atoms with Gasteiger partial charge in [0.05, 0.1) is 7.11 Å². The second-order valence-corrected chi connectivity index (χ2v) is 6.60. The van der Waals surface area contributed by atoms with Crippen LogP contribution in [0.25, 0.3) is 0 Å². The smallest absolute Gasteiger partial charge is 0.223 e. The molecule has 0 bridgehead atoms. The van der Waals surface area contributed by atoms with Crippen molar-refractivity contribution < 1.29 is 9.53 Å². The highest BCUT2D eigenvalue weighted by molar-refractivity contribution is 6.31. The molecule has 0 aliphatic heterocycles. The number of rotatable bonds is 7. The van der Waals surface area contributed by atoms with Crippen LogP contribution in [-0.2, 0) is 17.8 Å². The number of halogens is 1. The van der Waals surface area contributed by atoms with Gasteiger partial charge in [0.1, 0.15) is 5.75 Å². The van der Waals surface area contributed by atoms with Crippen molar-refractivity contribution in [1.82, 2.24) is 4.90 Å². The Bertz CT molecular complexity index is 695. The van der Waals surface area contributed by atoms with Crippen molar-refractivity contribution in [1.29, 1.82) is 0 Å². The molecule has 2 aromatic rings. The van der Waals surface area contributed by atoms with Crippen LogP contribution in [0.4, 0.5) is 0 Å². The predicted octanol–water partition coefficient (Wildman–Crippen LogP) is 4.47. The van der Waals surface area contributed by atoms with Crippen molar-refractivity contribution in [2.24, 2.45) is 0 Å².